The van der Waals surface area contributed by atoms with E-state index in [1.807, 2.05) is 24.3 Å². The van der Waals surface area contributed by atoms with Crippen molar-refractivity contribution in [2.45, 2.75) is 36.9 Å². The summed E-state index contributed by atoms with van der Waals surface area (Å²) in [5, 5.41) is -0.813. The van der Waals surface area contributed by atoms with Crippen LogP contribution in [0.2, 0.25) is 0 Å². The maximum absolute atomic E-state index is 12.7. The van der Waals surface area contributed by atoms with E-state index in [1.165, 1.54) is 0 Å². The molecule has 2 aliphatic rings. The van der Waals surface area contributed by atoms with Crippen LogP contribution in [0.25, 0.3) is 0 Å². The van der Waals surface area contributed by atoms with Gasteiger partial charge in [0.05, 0.1) is 18.3 Å². The average molecular weight is 294 g/mol. The third-order valence-electron chi connectivity index (χ3n) is 4.20. The van der Waals surface area contributed by atoms with Crippen LogP contribution in [0.5, 0.6) is 5.75 Å². The summed E-state index contributed by atoms with van der Waals surface area (Å²) in [7, 11) is -3.27. The van der Waals surface area contributed by atoms with Gasteiger partial charge in [0.25, 0.3) is 0 Å². The molecule has 108 valence electrons. The summed E-state index contributed by atoms with van der Waals surface area (Å²) in [6.07, 6.45) is 2.54. The lowest BCUT2D eigenvalue weighted by Gasteiger charge is -2.29. The summed E-state index contributed by atoms with van der Waals surface area (Å²) < 4.78 is 29.8. The zero-order valence-corrected chi connectivity index (χ0v) is 12.1. The Morgan fingerprint density at radius 1 is 1.15 bits per heavy atom. The predicted molar refractivity (Wildman–Crippen MR) is 75.7 cm³/mol. The van der Waals surface area contributed by atoms with Crippen LogP contribution >= 0.6 is 0 Å². The summed E-state index contributed by atoms with van der Waals surface area (Å²) in [5.74, 6) is 0.387. The molecule has 1 fully saturated rings. The average Bonchev–Trinajstić information content (AvgIpc) is 2.45. The van der Waals surface area contributed by atoms with Crippen molar-refractivity contribution in [1.82, 2.24) is 0 Å². The molecule has 1 aromatic rings. The zero-order valence-electron chi connectivity index (χ0n) is 11.2. The number of hydrogen-bond acceptors (Lipinski definition) is 4. The van der Waals surface area contributed by atoms with Crippen LogP contribution in [0.4, 0.5) is 0 Å². The molecule has 0 aliphatic carbocycles. The highest BCUT2D eigenvalue weighted by Crippen LogP contribution is 2.36. The van der Waals surface area contributed by atoms with E-state index in [4.69, 9.17) is 4.74 Å². The van der Waals surface area contributed by atoms with Crippen LogP contribution in [-0.2, 0) is 14.6 Å². The quantitative estimate of drug-likeness (QED) is 0.838. The summed E-state index contributed by atoms with van der Waals surface area (Å²) in [4.78, 5) is 12.7. The van der Waals surface area contributed by atoms with E-state index in [0.717, 1.165) is 12.0 Å². The minimum absolute atomic E-state index is 0.138. The van der Waals surface area contributed by atoms with E-state index in [-0.39, 0.29) is 17.5 Å². The van der Waals surface area contributed by atoms with Crippen molar-refractivity contribution < 1.29 is 17.9 Å². The van der Waals surface area contributed by atoms with Crippen molar-refractivity contribution >= 4 is 15.6 Å². The van der Waals surface area contributed by atoms with Gasteiger partial charge in [0, 0.05) is 5.56 Å². The molecule has 1 saturated heterocycles. The first-order chi connectivity index (χ1) is 9.59. The van der Waals surface area contributed by atoms with Crippen molar-refractivity contribution in [1.29, 1.82) is 0 Å². The second-order valence-corrected chi connectivity index (χ2v) is 7.78. The molecular formula is C15H18O4S. The number of fused-ring (bicyclic) bond motifs is 1. The number of para-hydroxylation sites is 1. The minimum Gasteiger partial charge on any atom is -0.493 e. The number of carbonyl (C=O) groups is 1. The van der Waals surface area contributed by atoms with E-state index in [9.17, 15) is 13.2 Å². The number of ether oxygens (including phenoxy) is 1. The lowest BCUT2D eigenvalue weighted by molar-refractivity contribution is -0.120. The highest BCUT2D eigenvalue weighted by molar-refractivity contribution is 7.92. The van der Waals surface area contributed by atoms with Crippen molar-refractivity contribution in [2.24, 2.45) is 0 Å². The fraction of sp³-hybridized carbons (Fsp3) is 0.533. The summed E-state index contributed by atoms with van der Waals surface area (Å²) >= 11 is 0. The van der Waals surface area contributed by atoms with Gasteiger partial charge in [0.15, 0.2) is 15.6 Å². The Bertz CT molecular complexity index is 621. The molecule has 2 atom stereocenters. The van der Waals surface area contributed by atoms with Gasteiger partial charge >= 0.3 is 0 Å². The molecular weight excluding hydrogens is 276 g/mol. The smallest absolute Gasteiger partial charge is 0.160 e. The van der Waals surface area contributed by atoms with Gasteiger partial charge in [-0.15, -0.1) is 0 Å². The molecule has 0 aromatic heterocycles. The van der Waals surface area contributed by atoms with Gasteiger partial charge in [0.2, 0.25) is 0 Å². The molecule has 2 unspecified atom stereocenters. The largest absolute Gasteiger partial charge is 0.493 e. The number of Topliss-reactive ketones (excluding diaryl/α,β-unsaturated/α-hetero) is 1. The van der Waals surface area contributed by atoms with Gasteiger partial charge in [-0.1, -0.05) is 24.6 Å². The monoisotopic (exact) mass is 294 g/mol. The highest BCUT2D eigenvalue weighted by atomic mass is 32.2. The number of ketones is 1. The van der Waals surface area contributed by atoms with Gasteiger partial charge in [-0.25, -0.2) is 8.42 Å². The van der Waals surface area contributed by atoms with Gasteiger partial charge in [-0.3, -0.25) is 4.79 Å². The van der Waals surface area contributed by atoms with Crippen LogP contribution in [0.15, 0.2) is 24.3 Å². The lowest BCUT2D eigenvalue weighted by atomic mass is 9.87. The molecule has 5 heteroatoms. The second-order valence-electron chi connectivity index (χ2n) is 5.48. The van der Waals surface area contributed by atoms with E-state index < -0.39 is 15.1 Å². The first-order valence-corrected chi connectivity index (χ1v) is 8.78. The Morgan fingerprint density at radius 2 is 1.95 bits per heavy atom. The van der Waals surface area contributed by atoms with Crippen LogP contribution < -0.4 is 4.74 Å². The van der Waals surface area contributed by atoms with E-state index in [2.05, 4.69) is 0 Å². The summed E-state index contributed by atoms with van der Waals surface area (Å²) in [6.45, 7) is 0.472. The molecule has 0 radical (unpaired) electrons. The van der Waals surface area contributed by atoms with E-state index in [1.54, 1.807) is 0 Å². The Morgan fingerprint density at radius 3 is 2.75 bits per heavy atom. The zero-order chi connectivity index (χ0) is 14.2. The topological polar surface area (TPSA) is 60.4 Å². The Kier molecular flexibility index (Phi) is 3.54. The van der Waals surface area contributed by atoms with Crippen molar-refractivity contribution in [2.75, 3.05) is 12.4 Å². The highest BCUT2D eigenvalue weighted by Gasteiger charge is 2.40. The minimum atomic E-state index is -3.27. The molecule has 0 N–H and O–H groups in total. The molecule has 0 amide bonds. The molecule has 2 aliphatic heterocycles. The molecule has 3 rings (SSSR count). The summed E-state index contributed by atoms with van der Waals surface area (Å²) in [5.41, 5.74) is 0.838. The van der Waals surface area contributed by atoms with Gasteiger partial charge < -0.3 is 4.74 Å². The molecule has 0 bridgehead atoms. The van der Waals surface area contributed by atoms with Gasteiger partial charge in [0.1, 0.15) is 11.0 Å². The lowest BCUT2D eigenvalue weighted by Crippen LogP contribution is -2.39. The first kappa shape index (κ1) is 13.6. The van der Waals surface area contributed by atoms with E-state index >= 15 is 0 Å². The Hall–Kier alpha value is -1.36. The maximum Gasteiger partial charge on any atom is 0.160 e. The molecule has 2 heterocycles. The Balaban J connectivity index is 1.92. The number of carbonyl (C=O) groups excluding carboxylic acids is 1. The molecule has 20 heavy (non-hydrogen) atoms. The third-order valence-corrected chi connectivity index (χ3v) is 6.39. The maximum atomic E-state index is 12.7. The van der Waals surface area contributed by atoms with Gasteiger partial charge in [-0.05, 0) is 25.3 Å². The number of sulfone groups is 1. The van der Waals surface area contributed by atoms with Crippen LogP contribution in [0.1, 0.15) is 37.2 Å². The molecule has 4 nitrogen and oxygen atoms in total. The molecule has 0 spiro atoms. The van der Waals surface area contributed by atoms with Crippen molar-refractivity contribution in [3.8, 4) is 5.75 Å². The van der Waals surface area contributed by atoms with Crippen molar-refractivity contribution in [3.05, 3.63) is 29.8 Å². The second kappa shape index (κ2) is 5.20. The van der Waals surface area contributed by atoms with Crippen LogP contribution in [-0.4, -0.2) is 31.8 Å². The molecule has 1 aromatic carbocycles. The number of benzene rings is 1. The standard InChI is InChI=1S/C15H18O4S/c16-15(14-7-3-4-10-20(14,17)18)12-8-9-19-13-6-2-1-5-11(12)13/h1-2,5-6,12,14H,3-4,7-10H2. The number of hydrogen-bond donors (Lipinski definition) is 0. The van der Waals surface area contributed by atoms with Gasteiger partial charge in [-0.2, -0.15) is 0 Å². The Labute approximate surface area is 119 Å². The third kappa shape index (κ3) is 2.35. The molecule has 0 saturated carbocycles. The predicted octanol–water partition coefficient (Wildman–Crippen LogP) is 2.09. The van der Waals surface area contributed by atoms with Crippen molar-refractivity contribution in [3.63, 3.8) is 0 Å². The van der Waals surface area contributed by atoms with Crippen LogP contribution in [0, 0.1) is 0 Å². The summed E-state index contributed by atoms with van der Waals surface area (Å²) in [6, 6.07) is 7.43. The van der Waals surface area contributed by atoms with E-state index in [0.29, 0.717) is 31.6 Å². The fourth-order valence-electron chi connectivity index (χ4n) is 3.14. The first-order valence-electron chi connectivity index (χ1n) is 7.06. The normalized spacial score (nSPS) is 28.2. The SMILES string of the molecule is O=C(C1CCOc2ccccc21)C1CCCCS1(=O)=O. The van der Waals surface area contributed by atoms with Crippen LogP contribution in [0.3, 0.4) is 0 Å². The fourth-order valence-corrected chi connectivity index (χ4v) is 5.07. The number of rotatable bonds is 2.